The van der Waals surface area contributed by atoms with Crippen LogP contribution in [0.4, 0.5) is 0 Å². The quantitative estimate of drug-likeness (QED) is 0.727. The first kappa shape index (κ1) is 16.9. The third-order valence-corrected chi connectivity index (χ3v) is 4.18. The number of aromatic nitrogens is 2. The highest BCUT2D eigenvalue weighted by atomic mass is 16.3. The van der Waals surface area contributed by atoms with Crippen molar-refractivity contribution >= 4 is 0 Å². The van der Waals surface area contributed by atoms with E-state index in [1.807, 2.05) is 29.1 Å². The van der Waals surface area contributed by atoms with Crippen molar-refractivity contribution in [3.8, 4) is 11.8 Å². The largest absolute Gasteiger partial charge is 0.387 e. The molecule has 2 unspecified atom stereocenters. The third-order valence-electron chi connectivity index (χ3n) is 4.18. The Morgan fingerprint density at radius 3 is 2.64 bits per heavy atom. The first-order valence-electron chi connectivity index (χ1n) is 8.19. The van der Waals surface area contributed by atoms with Crippen LogP contribution in [0.1, 0.15) is 35.8 Å². The van der Waals surface area contributed by atoms with E-state index >= 15 is 0 Å². The Morgan fingerprint density at radius 1 is 1.16 bits per heavy atom. The summed E-state index contributed by atoms with van der Waals surface area (Å²) < 4.78 is 1.82. The first-order chi connectivity index (χ1) is 12.2. The predicted molar refractivity (Wildman–Crippen MR) is 96.1 cm³/mol. The van der Waals surface area contributed by atoms with Gasteiger partial charge in [-0.2, -0.15) is 10.4 Å². The Labute approximate surface area is 147 Å². The molecule has 126 valence electrons. The summed E-state index contributed by atoms with van der Waals surface area (Å²) >= 11 is 0. The van der Waals surface area contributed by atoms with Gasteiger partial charge < -0.3 is 10.4 Å². The zero-order valence-corrected chi connectivity index (χ0v) is 14.0. The van der Waals surface area contributed by atoms with Crippen molar-refractivity contribution in [3.63, 3.8) is 0 Å². The van der Waals surface area contributed by atoms with E-state index in [1.165, 1.54) is 0 Å². The van der Waals surface area contributed by atoms with Crippen LogP contribution in [-0.2, 0) is 0 Å². The fourth-order valence-corrected chi connectivity index (χ4v) is 2.66. The smallest absolute Gasteiger partial charge is 0.0991 e. The van der Waals surface area contributed by atoms with Gasteiger partial charge in [0.05, 0.1) is 23.4 Å². The Morgan fingerprint density at radius 2 is 1.96 bits per heavy atom. The summed E-state index contributed by atoms with van der Waals surface area (Å²) in [5, 5.41) is 26.8. The molecular formula is C20H20N4O. The number of benzene rings is 2. The van der Waals surface area contributed by atoms with Crippen LogP contribution >= 0.6 is 0 Å². The van der Waals surface area contributed by atoms with E-state index in [0.29, 0.717) is 12.1 Å². The van der Waals surface area contributed by atoms with Crippen molar-refractivity contribution in [3.05, 3.63) is 83.7 Å². The lowest BCUT2D eigenvalue weighted by atomic mass is 10.1. The molecule has 3 aromatic rings. The minimum atomic E-state index is -0.621. The van der Waals surface area contributed by atoms with E-state index in [2.05, 4.69) is 35.5 Å². The van der Waals surface area contributed by atoms with E-state index in [0.717, 1.165) is 16.8 Å². The van der Waals surface area contributed by atoms with E-state index in [9.17, 15) is 5.11 Å². The number of aliphatic hydroxyl groups excluding tert-OH is 1. The third kappa shape index (κ3) is 4.13. The summed E-state index contributed by atoms with van der Waals surface area (Å²) in [4.78, 5) is 0. The van der Waals surface area contributed by atoms with Crippen LogP contribution in [0.25, 0.3) is 5.69 Å². The molecule has 3 rings (SSSR count). The van der Waals surface area contributed by atoms with Crippen LogP contribution in [0.5, 0.6) is 0 Å². The van der Waals surface area contributed by atoms with Crippen LogP contribution < -0.4 is 5.32 Å². The van der Waals surface area contributed by atoms with Crippen molar-refractivity contribution in [1.29, 1.82) is 5.26 Å². The minimum absolute atomic E-state index is 0.0866. The van der Waals surface area contributed by atoms with Gasteiger partial charge in [-0.15, -0.1) is 0 Å². The lowest BCUT2D eigenvalue weighted by Crippen LogP contribution is -2.24. The molecule has 0 spiro atoms. The molecule has 0 aliphatic heterocycles. The number of aliphatic hydroxyl groups is 1. The second-order valence-electron chi connectivity index (χ2n) is 5.93. The van der Waals surface area contributed by atoms with Gasteiger partial charge in [-0.1, -0.05) is 24.3 Å². The summed E-state index contributed by atoms with van der Waals surface area (Å²) in [5.74, 6) is 0. The molecular weight excluding hydrogens is 312 g/mol. The molecule has 0 aliphatic rings. The van der Waals surface area contributed by atoms with Gasteiger partial charge in [0, 0.05) is 25.0 Å². The van der Waals surface area contributed by atoms with E-state index in [1.54, 1.807) is 30.5 Å². The second kappa shape index (κ2) is 7.75. The number of hydrogen-bond acceptors (Lipinski definition) is 4. The van der Waals surface area contributed by atoms with Gasteiger partial charge in [0.1, 0.15) is 0 Å². The molecule has 0 amide bonds. The standard InChI is InChI=1S/C20H20N4O/c1-15(18-4-2-5-19(12-18)24-11-3-10-23-24)22-14-20(25)17-8-6-16(13-21)7-9-17/h2-12,15,20,22,25H,14H2,1H3. The zero-order valence-electron chi connectivity index (χ0n) is 14.0. The Bertz CT molecular complexity index is 850. The highest BCUT2D eigenvalue weighted by Crippen LogP contribution is 2.18. The molecule has 25 heavy (non-hydrogen) atoms. The molecule has 5 heteroatoms. The normalized spacial score (nSPS) is 13.2. The van der Waals surface area contributed by atoms with Gasteiger partial charge in [-0.05, 0) is 48.4 Å². The van der Waals surface area contributed by atoms with Crippen LogP contribution in [0, 0.1) is 11.3 Å². The molecule has 0 aliphatic carbocycles. The van der Waals surface area contributed by atoms with Crippen molar-refractivity contribution in [2.45, 2.75) is 19.1 Å². The Balaban J connectivity index is 1.63. The summed E-state index contributed by atoms with van der Waals surface area (Å²) in [6.45, 7) is 2.49. The van der Waals surface area contributed by atoms with Crippen molar-refractivity contribution in [2.75, 3.05) is 6.54 Å². The molecule has 2 N–H and O–H groups in total. The first-order valence-corrected chi connectivity index (χ1v) is 8.19. The van der Waals surface area contributed by atoms with Gasteiger partial charge >= 0.3 is 0 Å². The fraction of sp³-hybridized carbons (Fsp3) is 0.200. The highest BCUT2D eigenvalue weighted by Gasteiger charge is 2.11. The topological polar surface area (TPSA) is 73.9 Å². The van der Waals surface area contributed by atoms with Crippen LogP contribution in [0.15, 0.2) is 67.0 Å². The molecule has 5 nitrogen and oxygen atoms in total. The number of hydrogen-bond donors (Lipinski definition) is 2. The average Bonchev–Trinajstić information content (AvgIpc) is 3.21. The lowest BCUT2D eigenvalue weighted by molar-refractivity contribution is 0.171. The second-order valence-corrected chi connectivity index (χ2v) is 5.93. The fourth-order valence-electron chi connectivity index (χ4n) is 2.66. The van der Waals surface area contributed by atoms with E-state index in [4.69, 9.17) is 5.26 Å². The van der Waals surface area contributed by atoms with Crippen molar-refractivity contribution in [2.24, 2.45) is 0 Å². The van der Waals surface area contributed by atoms with Gasteiger partial charge in [0.25, 0.3) is 0 Å². The monoisotopic (exact) mass is 332 g/mol. The average molecular weight is 332 g/mol. The molecule has 1 aromatic heterocycles. The molecule has 0 saturated carbocycles. The van der Waals surface area contributed by atoms with Crippen LogP contribution in [0.3, 0.4) is 0 Å². The molecule has 0 fully saturated rings. The van der Waals surface area contributed by atoms with Crippen LogP contribution in [-0.4, -0.2) is 21.4 Å². The summed E-state index contributed by atoms with van der Waals surface area (Å²) in [6, 6.07) is 19.2. The minimum Gasteiger partial charge on any atom is -0.387 e. The molecule has 2 atom stereocenters. The molecule has 1 heterocycles. The summed E-state index contributed by atoms with van der Waals surface area (Å²) in [5.41, 5.74) is 3.51. The van der Waals surface area contributed by atoms with Gasteiger partial charge in [0.2, 0.25) is 0 Å². The van der Waals surface area contributed by atoms with Crippen LogP contribution in [0.2, 0.25) is 0 Å². The number of rotatable bonds is 6. The lowest BCUT2D eigenvalue weighted by Gasteiger charge is -2.18. The SMILES string of the molecule is CC(NCC(O)c1ccc(C#N)cc1)c1cccc(-n2cccn2)c1. The zero-order chi connectivity index (χ0) is 17.6. The summed E-state index contributed by atoms with van der Waals surface area (Å²) in [7, 11) is 0. The van der Waals surface area contributed by atoms with Gasteiger partial charge in [0.15, 0.2) is 0 Å². The molecule has 0 bridgehead atoms. The predicted octanol–water partition coefficient (Wildman–Crippen LogP) is 3.13. The number of nitrogens with one attached hydrogen (secondary N) is 1. The Hall–Kier alpha value is -2.94. The number of nitriles is 1. The summed E-state index contributed by atoms with van der Waals surface area (Å²) in [6.07, 6.45) is 3.04. The van der Waals surface area contributed by atoms with Gasteiger partial charge in [-0.3, -0.25) is 0 Å². The highest BCUT2D eigenvalue weighted by molar-refractivity contribution is 5.36. The van der Waals surface area contributed by atoms with Crippen molar-refractivity contribution in [1.82, 2.24) is 15.1 Å². The maximum atomic E-state index is 10.3. The number of nitrogens with zero attached hydrogens (tertiary/aromatic N) is 3. The maximum absolute atomic E-state index is 10.3. The molecule has 2 aromatic carbocycles. The molecule has 0 saturated heterocycles. The van der Waals surface area contributed by atoms with E-state index in [-0.39, 0.29) is 6.04 Å². The van der Waals surface area contributed by atoms with E-state index < -0.39 is 6.10 Å². The Kier molecular flexibility index (Phi) is 5.24. The van der Waals surface area contributed by atoms with Crippen molar-refractivity contribution < 1.29 is 5.11 Å². The molecule has 0 radical (unpaired) electrons. The van der Waals surface area contributed by atoms with Gasteiger partial charge in [-0.25, -0.2) is 4.68 Å². The maximum Gasteiger partial charge on any atom is 0.0991 e.